The minimum absolute atomic E-state index is 0.0295. The summed E-state index contributed by atoms with van der Waals surface area (Å²) in [5.41, 5.74) is 0.244. The number of carbonyl (C=O) groups excluding carboxylic acids is 2. The van der Waals surface area contributed by atoms with Crippen LogP contribution in [0.4, 0.5) is 5.69 Å². The molecule has 1 aliphatic rings. The van der Waals surface area contributed by atoms with Crippen LogP contribution in [0, 0.1) is 0 Å². The van der Waals surface area contributed by atoms with Crippen molar-refractivity contribution in [3.05, 3.63) is 30.3 Å². The van der Waals surface area contributed by atoms with E-state index in [0.29, 0.717) is 25.9 Å². The summed E-state index contributed by atoms with van der Waals surface area (Å²) in [6.45, 7) is 1.17. The van der Waals surface area contributed by atoms with Gasteiger partial charge in [-0.2, -0.15) is 0 Å². The molecule has 0 aromatic heterocycles. The van der Waals surface area contributed by atoms with Crippen molar-refractivity contribution >= 4 is 17.5 Å². The highest BCUT2D eigenvalue weighted by molar-refractivity contribution is 5.89. The van der Waals surface area contributed by atoms with Crippen molar-refractivity contribution in [2.75, 3.05) is 46.2 Å². The topological polar surface area (TPSA) is 61.9 Å². The Morgan fingerprint density at radius 3 is 2.35 bits per heavy atom. The Balaban J connectivity index is 2.14. The van der Waals surface area contributed by atoms with Crippen LogP contribution >= 0.6 is 0 Å². The van der Waals surface area contributed by atoms with E-state index in [9.17, 15) is 9.59 Å². The Labute approximate surface area is 137 Å². The Bertz CT molecular complexity index is 537. The van der Waals surface area contributed by atoms with Crippen molar-refractivity contribution in [2.45, 2.75) is 18.4 Å². The van der Waals surface area contributed by atoms with Gasteiger partial charge in [0, 0.05) is 40.0 Å². The van der Waals surface area contributed by atoms with Crippen LogP contribution in [0.5, 0.6) is 0 Å². The normalized spacial score (nSPS) is 16.7. The van der Waals surface area contributed by atoms with Gasteiger partial charge in [0.1, 0.15) is 12.1 Å². The SMILES string of the molecule is COCC(=O)N1CCC(Nc2ccccc2)(C(=O)N(C)C)CC1. The van der Waals surface area contributed by atoms with Crippen molar-refractivity contribution in [3.63, 3.8) is 0 Å². The summed E-state index contributed by atoms with van der Waals surface area (Å²) in [5, 5.41) is 3.41. The van der Waals surface area contributed by atoms with E-state index in [4.69, 9.17) is 4.74 Å². The largest absolute Gasteiger partial charge is 0.375 e. The quantitative estimate of drug-likeness (QED) is 0.886. The zero-order valence-electron chi connectivity index (χ0n) is 14.0. The molecule has 1 N–H and O–H groups in total. The van der Waals surface area contributed by atoms with Crippen molar-refractivity contribution in [2.24, 2.45) is 0 Å². The lowest BCUT2D eigenvalue weighted by Crippen LogP contribution is -2.59. The molecule has 0 atom stereocenters. The first kappa shape index (κ1) is 17.3. The molecule has 6 heteroatoms. The fraction of sp³-hybridized carbons (Fsp3) is 0.529. The number of carbonyl (C=O) groups is 2. The number of anilines is 1. The maximum atomic E-state index is 12.8. The highest BCUT2D eigenvalue weighted by atomic mass is 16.5. The molecule has 23 heavy (non-hydrogen) atoms. The summed E-state index contributed by atoms with van der Waals surface area (Å²) in [6.07, 6.45) is 1.16. The highest BCUT2D eigenvalue weighted by Gasteiger charge is 2.43. The molecule has 1 aromatic carbocycles. The van der Waals surface area contributed by atoms with Crippen LogP contribution < -0.4 is 5.32 Å². The zero-order chi connectivity index (χ0) is 16.9. The molecule has 2 amide bonds. The fourth-order valence-corrected chi connectivity index (χ4v) is 2.97. The number of likely N-dealkylation sites (N-methyl/N-ethyl adjacent to an activating group) is 1. The first-order valence-corrected chi connectivity index (χ1v) is 7.80. The van der Waals surface area contributed by atoms with Gasteiger partial charge in [0.15, 0.2) is 0 Å². The average molecular weight is 319 g/mol. The number of hydrogen-bond acceptors (Lipinski definition) is 4. The standard InChI is InChI=1S/C17H25N3O3/c1-19(2)16(22)17(18-14-7-5-4-6-8-14)9-11-20(12-10-17)15(21)13-23-3/h4-8,18H,9-13H2,1-3H3. The van der Waals surface area contributed by atoms with Gasteiger partial charge in [0.05, 0.1) is 0 Å². The molecule has 0 saturated carbocycles. The van der Waals surface area contributed by atoms with E-state index in [1.54, 1.807) is 23.9 Å². The van der Waals surface area contributed by atoms with Crippen LogP contribution in [0.1, 0.15) is 12.8 Å². The minimum atomic E-state index is -0.672. The molecule has 1 saturated heterocycles. The molecule has 0 radical (unpaired) electrons. The number of amides is 2. The molecule has 1 aliphatic heterocycles. The summed E-state index contributed by atoms with van der Waals surface area (Å²) in [6, 6.07) is 9.72. The Hall–Kier alpha value is -2.08. The molecule has 6 nitrogen and oxygen atoms in total. The molecule has 0 bridgehead atoms. The number of methoxy groups -OCH3 is 1. The average Bonchev–Trinajstić information content (AvgIpc) is 2.55. The molecule has 0 spiro atoms. The van der Waals surface area contributed by atoms with Gasteiger partial charge in [-0.05, 0) is 25.0 Å². The second kappa shape index (κ2) is 7.46. The van der Waals surface area contributed by atoms with Crippen molar-refractivity contribution < 1.29 is 14.3 Å². The molecule has 1 heterocycles. The van der Waals surface area contributed by atoms with E-state index in [-0.39, 0.29) is 18.4 Å². The lowest BCUT2D eigenvalue weighted by atomic mass is 9.85. The van der Waals surface area contributed by atoms with Gasteiger partial charge in [-0.1, -0.05) is 18.2 Å². The minimum Gasteiger partial charge on any atom is -0.375 e. The predicted octanol–water partition coefficient (Wildman–Crippen LogP) is 1.19. The van der Waals surface area contributed by atoms with Crippen molar-refractivity contribution in [1.82, 2.24) is 9.80 Å². The van der Waals surface area contributed by atoms with Crippen LogP contribution in [-0.2, 0) is 14.3 Å². The Morgan fingerprint density at radius 2 is 1.83 bits per heavy atom. The molecule has 0 unspecified atom stereocenters. The first-order valence-electron chi connectivity index (χ1n) is 7.80. The third kappa shape index (κ3) is 4.01. The summed E-state index contributed by atoms with van der Waals surface area (Å²) in [4.78, 5) is 28.1. The third-order valence-electron chi connectivity index (χ3n) is 4.21. The monoisotopic (exact) mass is 319 g/mol. The lowest BCUT2D eigenvalue weighted by Gasteiger charge is -2.42. The van der Waals surface area contributed by atoms with Crippen LogP contribution in [0.15, 0.2) is 30.3 Å². The van der Waals surface area contributed by atoms with Crippen molar-refractivity contribution in [1.29, 1.82) is 0 Å². The molecule has 2 rings (SSSR count). The van der Waals surface area contributed by atoms with Gasteiger partial charge in [0.2, 0.25) is 11.8 Å². The van der Waals surface area contributed by atoms with Gasteiger partial charge in [-0.25, -0.2) is 0 Å². The van der Waals surface area contributed by atoms with Gasteiger partial charge in [0.25, 0.3) is 0 Å². The van der Waals surface area contributed by atoms with E-state index in [0.717, 1.165) is 5.69 Å². The highest BCUT2D eigenvalue weighted by Crippen LogP contribution is 2.29. The van der Waals surface area contributed by atoms with E-state index in [2.05, 4.69) is 5.32 Å². The second-order valence-electron chi connectivity index (χ2n) is 6.09. The van der Waals surface area contributed by atoms with E-state index in [1.165, 1.54) is 7.11 Å². The number of piperidine rings is 1. The number of ether oxygens (including phenoxy) is 1. The van der Waals surface area contributed by atoms with E-state index >= 15 is 0 Å². The van der Waals surface area contributed by atoms with Crippen LogP contribution in [0.2, 0.25) is 0 Å². The number of benzene rings is 1. The molecule has 1 fully saturated rings. The molecule has 126 valence electrons. The number of hydrogen-bond donors (Lipinski definition) is 1. The predicted molar refractivity (Wildman–Crippen MR) is 89.2 cm³/mol. The van der Waals surface area contributed by atoms with Crippen molar-refractivity contribution in [3.8, 4) is 0 Å². The summed E-state index contributed by atoms with van der Waals surface area (Å²) in [7, 11) is 5.04. The number of para-hydroxylation sites is 1. The molecular formula is C17H25N3O3. The molecular weight excluding hydrogens is 294 g/mol. The smallest absolute Gasteiger partial charge is 0.248 e. The number of nitrogens with one attached hydrogen (secondary N) is 1. The number of likely N-dealkylation sites (tertiary alicyclic amines) is 1. The molecule has 0 aliphatic carbocycles. The number of rotatable bonds is 5. The summed E-state index contributed by atoms with van der Waals surface area (Å²) >= 11 is 0. The van der Waals surface area contributed by atoms with Crippen LogP contribution in [0.25, 0.3) is 0 Å². The summed E-state index contributed by atoms with van der Waals surface area (Å²) < 4.78 is 4.91. The fourth-order valence-electron chi connectivity index (χ4n) is 2.97. The van der Waals surface area contributed by atoms with Crippen LogP contribution in [-0.4, -0.2) is 68.1 Å². The maximum Gasteiger partial charge on any atom is 0.248 e. The van der Waals surface area contributed by atoms with Crippen LogP contribution in [0.3, 0.4) is 0 Å². The van der Waals surface area contributed by atoms with Gasteiger partial charge in [-0.3, -0.25) is 9.59 Å². The first-order chi connectivity index (χ1) is 11.0. The van der Waals surface area contributed by atoms with E-state index in [1.807, 2.05) is 30.3 Å². The maximum absolute atomic E-state index is 12.8. The Morgan fingerprint density at radius 1 is 1.22 bits per heavy atom. The van der Waals surface area contributed by atoms with Gasteiger partial charge >= 0.3 is 0 Å². The Kier molecular flexibility index (Phi) is 5.60. The summed E-state index contributed by atoms with van der Waals surface area (Å²) in [5.74, 6) is 0.0123. The second-order valence-corrected chi connectivity index (χ2v) is 6.09. The molecule has 1 aromatic rings. The third-order valence-corrected chi connectivity index (χ3v) is 4.21. The zero-order valence-corrected chi connectivity index (χ0v) is 14.0. The van der Waals surface area contributed by atoms with E-state index < -0.39 is 5.54 Å². The lowest BCUT2D eigenvalue weighted by molar-refractivity contribution is -0.141. The van der Waals surface area contributed by atoms with Gasteiger partial charge in [-0.15, -0.1) is 0 Å². The number of nitrogens with zero attached hydrogens (tertiary/aromatic N) is 2. The van der Waals surface area contributed by atoms with Gasteiger partial charge < -0.3 is 19.9 Å².